The van der Waals surface area contributed by atoms with Crippen LogP contribution in [-0.4, -0.2) is 46.5 Å². The van der Waals surface area contributed by atoms with E-state index in [1.54, 1.807) is 7.11 Å². The van der Waals surface area contributed by atoms with E-state index in [1.165, 1.54) is 32.1 Å². The number of rotatable bonds is 7. The fraction of sp³-hybridized carbons (Fsp3) is 0.579. The quantitative estimate of drug-likeness (QED) is 0.831. The van der Waals surface area contributed by atoms with E-state index in [4.69, 9.17) is 9.26 Å². The van der Waals surface area contributed by atoms with Crippen LogP contribution in [0.1, 0.15) is 43.6 Å². The summed E-state index contributed by atoms with van der Waals surface area (Å²) in [5.74, 6) is 1.97. The first-order valence-electron chi connectivity index (χ1n) is 9.03. The maximum Gasteiger partial charge on any atom is 0.241 e. The van der Waals surface area contributed by atoms with Crippen LogP contribution < -0.4 is 4.74 Å². The van der Waals surface area contributed by atoms with E-state index >= 15 is 0 Å². The monoisotopic (exact) mass is 345 g/mol. The Hall–Kier alpha value is -1.92. The van der Waals surface area contributed by atoms with Gasteiger partial charge < -0.3 is 14.4 Å². The Balaban J connectivity index is 1.73. The fourth-order valence-electron chi connectivity index (χ4n) is 3.53. The highest BCUT2D eigenvalue weighted by atomic mass is 16.5. The first kappa shape index (κ1) is 17.9. The number of aryl methyl sites for hydroxylation is 1. The molecule has 136 valence electrons. The van der Waals surface area contributed by atoms with Gasteiger partial charge in [0, 0.05) is 18.2 Å². The van der Waals surface area contributed by atoms with Crippen LogP contribution >= 0.6 is 0 Å². The number of aliphatic hydroxyl groups excluding tert-OH is 1. The molecule has 0 spiro atoms. The van der Waals surface area contributed by atoms with Crippen molar-refractivity contribution in [3.63, 3.8) is 0 Å². The Morgan fingerprint density at radius 2 is 2.08 bits per heavy atom. The summed E-state index contributed by atoms with van der Waals surface area (Å²) in [6.45, 7) is 3.37. The zero-order chi connectivity index (χ0) is 17.6. The Morgan fingerprint density at radius 1 is 1.28 bits per heavy atom. The highest BCUT2D eigenvalue weighted by molar-refractivity contribution is 5.58. The molecule has 0 saturated heterocycles. The van der Waals surface area contributed by atoms with Crippen molar-refractivity contribution >= 4 is 0 Å². The van der Waals surface area contributed by atoms with Crippen LogP contribution in [0.2, 0.25) is 0 Å². The normalized spacial score (nSPS) is 15.7. The smallest absolute Gasteiger partial charge is 0.241 e. The molecule has 6 heteroatoms. The third-order valence-electron chi connectivity index (χ3n) is 4.95. The van der Waals surface area contributed by atoms with E-state index in [2.05, 4.69) is 15.0 Å². The fourth-order valence-corrected chi connectivity index (χ4v) is 3.53. The molecule has 1 saturated carbocycles. The molecule has 1 heterocycles. The van der Waals surface area contributed by atoms with Crippen LogP contribution in [0.25, 0.3) is 11.4 Å². The van der Waals surface area contributed by atoms with Gasteiger partial charge in [0.15, 0.2) is 0 Å². The van der Waals surface area contributed by atoms with E-state index in [0.717, 1.165) is 16.9 Å². The van der Waals surface area contributed by atoms with E-state index < -0.39 is 0 Å². The van der Waals surface area contributed by atoms with Crippen molar-refractivity contribution in [2.75, 3.05) is 20.3 Å². The van der Waals surface area contributed by atoms with Crippen LogP contribution in [0.4, 0.5) is 0 Å². The zero-order valence-corrected chi connectivity index (χ0v) is 15.1. The number of hydrogen-bond acceptors (Lipinski definition) is 6. The number of nitrogens with zero attached hydrogens (tertiary/aromatic N) is 3. The molecule has 25 heavy (non-hydrogen) atoms. The van der Waals surface area contributed by atoms with Gasteiger partial charge in [-0.1, -0.05) is 36.6 Å². The van der Waals surface area contributed by atoms with Crippen molar-refractivity contribution in [3.8, 4) is 17.1 Å². The van der Waals surface area contributed by atoms with Crippen molar-refractivity contribution < 1.29 is 14.4 Å². The summed E-state index contributed by atoms with van der Waals surface area (Å²) in [7, 11) is 1.66. The minimum Gasteiger partial charge on any atom is -0.496 e. The first-order valence-corrected chi connectivity index (χ1v) is 9.03. The lowest BCUT2D eigenvalue weighted by atomic mass is 9.94. The molecule has 0 atom stereocenters. The predicted octanol–water partition coefficient (Wildman–Crippen LogP) is 3.18. The van der Waals surface area contributed by atoms with Crippen molar-refractivity contribution in [2.45, 2.75) is 51.6 Å². The maximum absolute atomic E-state index is 9.39. The number of methoxy groups -OCH3 is 1. The van der Waals surface area contributed by atoms with Crippen LogP contribution in [-0.2, 0) is 6.54 Å². The Labute approximate surface area is 148 Å². The van der Waals surface area contributed by atoms with Gasteiger partial charge in [-0.2, -0.15) is 4.98 Å². The lowest BCUT2D eigenvalue weighted by molar-refractivity contribution is 0.105. The van der Waals surface area contributed by atoms with Gasteiger partial charge in [-0.25, -0.2) is 0 Å². The molecule has 0 aliphatic heterocycles. The summed E-state index contributed by atoms with van der Waals surface area (Å²) in [5, 5.41) is 13.5. The SMILES string of the molecule is COc1cc(-c2noc(CN(CCO)C3CCCCC3)n2)ccc1C. The topological polar surface area (TPSA) is 71.6 Å². The summed E-state index contributed by atoms with van der Waals surface area (Å²) in [5.41, 5.74) is 1.95. The number of hydrogen-bond donors (Lipinski definition) is 1. The summed E-state index contributed by atoms with van der Waals surface area (Å²) < 4.78 is 10.8. The molecule has 3 rings (SSSR count). The van der Waals surface area contributed by atoms with Crippen molar-refractivity contribution in [2.24, 2.45) is 0 Å². The van der Waals surface area contributed by atoms with Gasteiger partial charge in [-0.3, -0.25) is 4.90 Å². The number of aromatic nitrogens is 2. The van der Waals surface area contributed by atoms with Crippen LogP contribution in [0.15, 0.2) is 22.7 Å². The minimum atomic E-state index is 0.145. The highest BCUT2D eigenvalue weighted by Crippen LogP contribution is 2.26. The van der Waals surface area contributed by atoms with Crippen molar-refractivity contribution in [1.82, 2.24) is 15.0 Å². The highest BCUT2D eigenvalue weighted by Gasteiger charge is 2.23. The second-order valence-corrected chi connectivity index (χ2v) is 6.68. The van der Waals surface area contributed by atoms with Gasteiger partial charge in [-0.05, 0) is 31.4 Å². The van der Waals surface area contributed by atoms with E-state index in [0.29, 0.717) is 30.8 Å². The lowest BCUT2D eigenvalue weighted by Gasteiger charge is -2.32. The molecular weight excluding hydrogens is 318 g/mol. The Bertz CT molecular complexity index is 680. The van der Waals surface area contributed by atoms with Gasteiger partial charge in [0.05, 0.1) is 20.3 Å². The maximum atomic E-state index is 9.39. The molecule has 0 radical (unpaired) electrons. The molecular formula is C19H27N3O3. The molecule has 1 aromatic carbocycles. The number of benzene rings is 1. The molecule has 1 fully saturated rings. The molecule has 0 unspecified atom stereocenters. The average molecular weight is 345 g/mol. The summed E-state index contributed by atoms with van der Waals surface area (Å²) in [6.07, 6.45) is 6.17. The molecule has 6 nitrogen and oxygen atoms in total. The minimum absolute atomic E-state index is 0.145. The zero-order valence-electron chi connectivity index (χ0n) is 15.1. The van der Waals surface area contributed by atoms with E-state index in [9.17, 15) is 5.11 Å². The van der Waals surface area contributed by atoms with E-state index in [1.807, 2.05) is 25.1 Å². The molecule has 1 aliphatic carbocycles. The second-order valence-electron chi connectivity index (χ2n) is 6.68. The molecule has 1 aromatic heterocycles. The lowest BCUT2D eigenvalue weighted by Crippen LogP contribution is -2.38. The average Bonchev–Trinajstić information content (AvgIpc) is 3.11. The van der Waals surface area contributed by atoms with Gasteiger partial charge >= 0.3 is 0 Å². The number of aliphatic hydroxyl groups is 1. The molecule has 1 aliphatic rings. The van der Waals surface area contributed by atoms with Crippen molar-refractivity contribution in [3.05, 3.63) is 29.7 Å². The van der Waals surface area contributed by atoms with E-state index in [-0.39, 0.29) is 6.61 Å². The van der Waals surface area contributed by atoms with Gasteiger partial charge in [-0.15, -0.1) is 0 Å². The molecule has 2 aromatic rings. The second kappa shape index (κ2) is 8.45. The Morgan fingerprint density at radius 3 is 2.80 bits per heavy atom. The Kier molecular flexibility index (Phi) is 6.04. The van der Waals surface area contributed by atoms with Crippen LogP contribution in [0, 0.1) is 6.92 Å². The third kappa shape index (κ3) is 4.38. The standard InChI is InChI=1S/C19H27N3O3/c1-14-8-9-15(12-17(14)24-2)19-20-18(25-21-19)13-22(10-11-23)16-6-4-3-5-7-16/h8-9,12,16,23H,3-7,10-11,13H2,1-2H3. The van der Waals surface area contributed by atoms with Gasteiger partial charge in [0.2, 0.25) is 11.7 Å². The van der Waals surface area contributed by atoms with Crippen LogP contribution in [0.5, 0.6) is 5.75 Å². The van der Waals surface area contributed by atoms with Gasteiger partial charge in [0.25, 0.3) is 0 Å². The predicted molar refractivity (Wildman–Crippen MR) is 95.4 cm³/mol. The third-order valence-corrected chi connectivity index (χ3v) is 4.95. The van der Waals surface area contributed by atoms with Crippen molar-refractivity contribution in [1.29, 1.82) is 0 Å². The first-order chi connectivity index (χ1) is 12.2. The number of ether oxygens (including phenoxy) is 1. The summed E-state index contributed by atoms with van der Waals surface area (Å²) >= 11 is 0. The molecule has 1 N–H and O–H groups in total. The van der Waals surface area contributed by atoms with Crippen LogP contribution in [0.3, 0.4) is 0 Å². The van der Waals surface area contributed by atoms with Gasteiger partial charge in [0.1, 0.15) is 5.75 Å². The molecule has 0 amide bonds. The summed E-state index contributed by atoms with van der Waals surface area (Å²) in [4.78, 5) is 6.82. The largest absolute Gasteiger partial charge is 0.496 e. The summed E-state index contributed by atoms with van der Waals surface area (Å²) in [6, 6.07) is 6.38. The molecule has 0 bridgehead atoms.